The quantitative estimate of drug-likeness (QED) is 0.535. The second kappa shape index (κ2) is 8.82. The number of fused-ring (bicyclic) bond motifs is 1. The molecule has 0 radical (unpaired) electrons. The van der Waals surface area contributed by atoms with Crippen molar-refractivity contribution in [3.63, 3.8) is 0 Å². The molecular formula is C24H26ClN3O. The summed E-state index contributed by atoms with van der Waals surface area (Å²) in [6, 6.07) is 15.7. The predicted molar refractivity (Wildman–Crippen MR) is 118 cm³/mol. The number of benzene rings is 2. The van der Waals surface area contributed by atoms with Gasteiger partial charge in [-0.3, -0.25) is 4.79 Å². The average Bonchev–Trinajstić information content (AvgIpc) is 2.71. The molecule has 29 heavy (non-hydrogen) atoms. The molecule has 2 aromatic carbocycles. The number of nitriles is 1. The Morgan fingerprint density at radius 2 is 1.97 bits per heavy atom. The van der Waals surface area contributed by atoms with Crippen molar-refractivity contribution in [1.82, 2.24) is 0 Å². The molecule has 0 saturated heterocycles. The van der Waals surface area contributed by atoms with Crippen molar-refractivity contribution in [1.29, 1.82) is 5.26 Å². The van der Waals surface area contributed by atoms with E-state index in [2.05, 4.69) is 12.6 Å². The topological polar surface area (TPSA) is 70.1 Å². The van der Waals surface area contributed by atoms with Crippen LogP contribution in [0.2, 0.25) is 5.02 Å². The number of anilines is 1. The lowest BCUT2D eigenvalue weighted by atomic mass is 9.77. The van der Waals surface area contributed by atoms with Gasteiger partial charge in [0.15, 0.2) is 0 Å². The summed E-state index contributed by atoms with van der Waals surface area (Å²) in [5.41, 5.74) is 3.45. The average molecular weight is 408 g/mol. The summed E-state index contributed by atoms with van der Waals surface area (Å²) < 4.78 is 0. The van der Waals surface area contributed by atoms with Crippen LogP contribution < -0.4 is 10.9 Å². The number of amides is 1. The number of hydrazine groups is 1. The standard InChI is InChI=1S/C24H26ClN3O/c1-17-7-4-3-5-10-23(29)28(27)22-14-19(11-12-21(17)22)24(2,16-26)15-18-8-6-9-20(25)13-18/h6,8-9,11-14H,1,3-5,7,10,15,27H2,2H3. The molecule has 1 amide bonds. The number of carbonyl (C=O) groups is 1. The van der Waals surface area contributed by atoms with Gasteiger partial charge in [-0.15, -0.1) is 0 Å². The number of hydrogen-bond acceptors (Lipinski definition) is 3. The molecular weight excluding hydrogens is 382 g/mol. The molecule has 3 rings (SSSR count). The molecule has 4 nitrogen and oxygen atoms in total. The minimum Gasteiger partial charge on any atom is -0.273 e. The fourth-order valence-electron chi connectivity index (χ4n) is 3.82. The third-order valence-corrected chi connectivity index (χ3v) is 5.84. The highest BCUT2D eigenvalue weighted by molar-refractivity contribution is 6.30. The molecule has 1 aliphatic rings. The molecule has 150 valence electrons. The zero-order valence-electron chi connectivity index (χ0n) is 16.7. The molecule has 0 aliphatic carbocycles. The van der Waals surface area contributed by atoms with Gasteiger partial charge in [0.1, 0.15) is 0 Å². The third kappa shape index (κ3) is 4.70. The Hall–Kier alpha value is -2.61. The first-order chi connectivity index (χ1) is 13.8. The summed E-state index contributed by atoms with van der Waals surface area (Å²) in [5.74, 6) is 6.09. The number of allylic oxidation sites excluding steroid dienone is 1. The molecule has 0 saturated carbocycles. The van der Waals surface area contributed by atoms with E-state index in [4.69, 9.17) is 17.4 Å². The van der Waals surface area contributed by atoms with E-state index in [1.807, 2.05) is 49.4 Å². The van der Waals surface area contributed by atoms with Crippen molar-refractivity contribution in [2.75, 3.05) is 5.01 Å². The van der Waals surface area contributed by atoms with E-state index in [-0.39, 0.29) is 5.91 Å². The molecule has 5 heteroatoms. The Kier molecular flexibility index (Phi) is 6.42. The Balaban J connectivity index is 2.04. The van der Waals surface area contributed by atoms with Crippen molar-refractivity contribution < 1.29 is 4.79 Å². The Morgan fingerprint density at radius 1 is 1.21 bits per heavy atom. The van der Waals surface area contributed by atoms with E-state index in [1.165, 1.54) is 5.01 Å². The van der Waals surface area contributed by atoms with E-state index in [0.717, 1.165) is 47.9 Å². The van der Waals surface area contributed by atoms with Gasteiger partial charge < -0.3 is 0 Å². The third-order valence-electron chi connectivity index (χ3n) is 5.61. The Bertz CT molecular complexity index is 978. The van der Waals surface area contributed by atoms with Crippen molar-refractivity contribution >= 4 is 28.8 Å². The van der Waals surface area contributed by atoms with Crippen LogP contribution in [0.3, 0.4) is 0 Å². The number of halogens is 1. The number of hydrogen-bond donors (Lipinski definition) is 1. The normalized spacial score (nSPS) is 17.2. The van der Waals surface area contributed by atoms with Crippen molar-refractivity contribution in [3.05, 3.63) is 70.8 Å². The van der Waals surface area contributed by atoms with Crippen LogP contribution in [0.4, 0.5) is 5.69 Å². The summed E-state index contributed by atoms with van der Waals surface area (Å²) in [6.45, 7) is 6.10. The van der Waals surface area contributed by atoms with Crippen LogP contribution in [0, 0.1) is 11.3 Å². The number of nitrogens with two attached hydrogens (primary N) is 1. The first-order valence-electron chi connectivity index (χ1n) is 9.90. The monoisotopic (exact) mass is 407 g/mol. The van der Waals surface area contributed by atoms with E-state index >= 15 is 0 Å². The second-order valence-corrected chi connectivity index (χ2v) is 8.35. The van der Waals surface area contributed by atoms with Crippen molar-refractivity contribution in [2.45, 2.75) is 50.9 Å². The lowest BCUT2D eigenvalue weighted by molar-refractivity contribution is -0.118. The van der Waals surface area contributed by atoms with Crippen LogP contribution in [-0.2, 0) is 16.6 Å². The summed E-state index contributed by atoms with van der Waals surface area (Å²) >= 11 is 6.12. The fourth-order valence-corrected chi connectivity index (χ4v) is 4.03. The van der Waals surface area contributed by atoms with Crippen molar-refractivity contribution in [2.24, 2.45) is 5.84 Å². The molecule has 2 aromatic rings. The van der Waals surface area contributed by atoms with Gasteiger partial charge in [0.25, 0.3) is 0 Å². The molecule has 2 N–H and O–H groups in total. The van der Waals surface area contributed by atoms with Crippen LogP contribution in [0.25, 0.3) is 5.57 Å². The van der Waals surface area contributed by atoms with Gasteiger partial charge >= 0.3 is 0 Å². The number of carbonyl (C=O) groups excluding carboxylic acids is 1. The van der Waals surface area contributed by atoms with Crippen LogP contribution in [-0.4, -0.2) is 5.91 Å². The minimum atomic E-state index is -0.791. The highest BCUT2D eigenvalue weighted by Crippen LogP contribution is 2.36. The largest absolute Gasteiger partial charge is 0.273 e. The van der Waals surface area contributed by atoms with E-state index < -0.39 is 5.41 Å². The highest BCUT2D eigenvalue weighted by atomic mass is 35.5. The smallest absolute Gasteiger partial charge is 0.241 e. The Labute approximate surface area is 177 Å². The molecule has 1 aliphatic heterocycles. The molecule has 1 atom stereocenters. The number of rotatable bonds is 3. The van der Waals surface area contributed by atoms with Crippen LogP contribution in [0.1, 0.15) is 55.7 Å². The van der Waals surface area contributed by atoms with Gasteiger partial charge in [0.05, 0.1) is 17.2 Å². The van der Waals surface area contributed by atoms with Crippen LogP contribution in [0.5, 0.6) is 0 Å². The first kappa shape index (κ1) is 21.1. The van der Waals surface area contributed by atoms with E-state index in [9.17, 15) is 10.1 Å². The summed E-state index contributed by atoms with van der Waals surface area (Å²) in [4.78, 5) is 12.6. The van der Waals surface area contributed by atoms with Gasteiger partial charge in [0.2, 0.25) is 5.91 Å². The fraction of sp³-hybridized carbons (Fsp3) is 0.333. The van der Waals surface area contributed by atoms with Gasteiger partial charge in [-0.2, -0.15) is 5.26 Å². The summed E-state index contributed by atoms with van der Waals surface area (Å²) in [6.07, 6.45) is 4.60. The van der Waals surface area contributed by atoms with Crippen LogP contribution in [0.15, 0.2) is 49.0 Å². The maximum absolute atomic E-state index is 12.6. The Morgan fingerprint density at radius 3 is 2.69 bits per heavy atom. The summed E-state index contributed by atoms with van der Waals surface area (Å²) in [7, 11) is 0. The van der Waals surface area contributed by atoms with Gasteiger partial charge in [0, 0.05) is 17.0 Å². The molecule has 1 heterocycles. The van der Waals surface area contributed by atoms with E-state index in [1.54, 1.807) is 0 Å². The molecule has 0 bridgehead atoms. The molecule has 1 unspecified atom stereocenters. The van der Waals surface area contributed by atoms with Gasteiger partial charge in [-0.1, -0.05) is 48.9 Å². The first-order valence-corrected chi connectivity index (χ1v) is 10.3. The lowest BCUT2D eigenvalue weighted by Gasteiger charge is -2.27. The maximum atomic E-state index is 12.6. The number of nitrogens with zero attached hydrogens (tertiary/aromatic N) is 2. The molecule has 0 spiro atoms. The zero-order valence-corrected chi connectivity index (χ0v) is 17.5. The SMILES string of the molecule is C=C1CCCCCC(=O)N(N)c2cc(C(C)(C#N)Cc3cccc(Cl)c3)ccc21. The maximum Gasteiger partial charge on any atom is 0.241 e. The molecule has 0 aromatic heterocycles. The zero-order chi connectivity index (χ0) is 21.0. The van der Waals surface area contributed by atoms with E-state index in [0.29, 0.717) is 23.6 Å². The lowest BCUT2D eigenvalue weighted by Crippen LogP contribution is -2.38. The minimum absolute atomic E-state index is 0.119. The highest BCUT2D eigenvalue weighted by Gasteiger charge is 2.29. The molecule has 0 fully saturated rings. The predicted octanol–water partition coefficient (Wildman–Crippen LogP) is 5.55. The van der Waals surface area contributed by atoms with Crippen LogP contribution >= 0.6 is 11.6 Å². The van der Waals surface area contributed by atoms with Crippen molar-refractivity contribution in [3.8, 4) is 6.07 Å². The van der Waals surface area contributed by atoms with Gasteiger partial charge in [-0.25, -0.2) is 10.9 Å². The summed E-state index contributed by atoms with van der Waals surface area (Å²) in [5, 5.41) is 11.9. The van der Waals surface area contributed by atoms with Gasteiger partial charge in [-0.05, 0) is 67.5 Å². The second-order valence-electron chi connectivity index (χ2n) is 7.91.